The molecule has 7 heteroatoms. The second-order valence-electron chi connectivity index (χ2n) is 8.18. The Morgan fingerprint density at radius 2 is 1.93 bits per heavy atom. The Bertz CT molecular complexity index is 859. The molecule has 1 aromatic heterocycles. The molecule has 0 saturated heterocycles. The summed E-state index contributed by atoms with van der Waals surface area (Å²) in [5, 5.41) is 14.4. The van der Waals surface area contributed by atoms with Gasteiger partial charge in [-0.1, -0.05) is 38.5 Å². The van der Waals surface area contributed by atoms with Crippen LogP contribution >= 0.6 is 0 Å². The SMILES string of the molecule is Cc1ccccc1C(=O)NC(CC(C)C)C(=O)NCc1nnc2n1CCCCC2. The van der Waals surface area contributed by atoms with E-state index in [2.05, 4.69) is 25.4 Å². The molecule has 1 unspecified atom stereocenters. The van der Waals surface area contributed by atoms with Crippen molar-refractivity contribution in [1.82, 2.24) is 25.4 Å². The summed E-state index contributed by atoms with van der Waals surface area (Å²) in [4.78, 5) is 25.6. The summed E-state index contributed by atoms with van der Waals surface area (Å²) in [6.07, 6.45) is 4.93. The van der Waals surface area contributed by atoms with E-state index in [-0.39, 0.29) is 17.7 Å². The van der Waals surface area contributed by atoms with Crippen LogP contribution in [-0.4, -0.2) is 32.6 Å². The molecular weight excluding hydrogens is 366 g/mol. The summed E-state index contributed by atoms with van der Waals surface area (Å²) in [6.45, 7) is 7.19. The molecule has 0 bridgehead atoms. The maximum absolute atomic E-state index is 12.9. The molecule has 0 saturated carbocycles. The lowest BCUT2D eigenvalue weighted by Crippen LogP contribution is -2.47. The fourth-order valence-electron chi connectivity index (χ4n) is 3.73. The third-order valence-electron chi connectivity index (χ3n) is 5.33. The third kappa shape index (κ3) is 5.43. The summed E-state index contributed by atoms with van der Waals surface area (Å²) >= 11 is 0. The van der Waals surface area contributed by atoms with E-state index in [1.54, 1.807) is 6.07 Å². The number of hydrogen-bond donors (Lipinski definition) is 2. The molecule has 29 heavy (non-hydrogen) atoms. The average Bonchev–Trinajstić information content (AvgIpc) is 2.91. The molecule has 1 atom stereocenters. The first-order valence-corrected chi connectivity index (χ1v) is 10.5. The van der Waals surface area contributed by atoms with Gasteiger partial charge >= 0.3 is 0 Å². The van der Waals surface area contributed by atoms with Gasteiger partial charge in [0.15, 0.2) is 5.82 Å². The number of nitrogens with one attached hydrogen (secondary N) is 2. The zero-order valence-electron chi connectivity index (χ0n) is 17.6. The standard InChI is InChI=1S/C22H31N5O2/c1-15(2)13-18(24-21(28)17-10-7-6-9-16(17)3)22(29)23-14-20-26-25-19-11-5-4-8-12-27(19)20/h6-7,9-10,15,18H,4-5,8,11-14H2,1-3H3,(H,23,29)(H,24,28). The van der Waals surface area contributed by atoms with Gasteiger partial charge < -0.3 is 15.2 Å². The lowest BCUT2D eigenvalue weighted by atomic mass is 10.0. The Morgan fingerprint density at radius 1 is 1.14 bits per heavy atom. The van der Waals surface area contributed by atoms with Crippen molar-refractivity contribution < 1.29 is 9.59 Å². The highest BCUT2D eigenvalue weighted by molar-refractivity contribution is 5.98. The Morgan fingerprint density at radius 3 is 2.69 bits per heavy atom. The molecule has 0 fully saturated rings. The number of amides is 2. The molecule has 0 radical (unpaired) electrons. The zero-order valence-corrected chi connectivity index (χ0v) is 17.6. The Balaban J connectivity index is 1.66. The van der Waals surface area contributed by atoms with Gasteiger partial charge in [-0.25, -0.2) is 0 Å². The number of carbonyl (C=O) groups is 2. The highest BCUT2D eigenvalue weighted by atomic mass is 16.2. The summed E-state index contributed by atoms with van der Waals surface area (Å²) < 4.78 is 2.12. The minimum Gasteiger partial charge on any atom is -0.347 e. The number of rotatable bonds is 7. The van der Waals surface area contributed by atoms with Gasteiger partial charge in [-0.15, -0.1) is 10.2 Å². The van der Waals surface area contributed by atoms with Crippen molar-refractivity contribution in [3.8, 4) is 0 Å². The van der Waals surface area contributed by atoms with Crippen LogP contribution in [0.1, 0.15) is 67.1 Å². The second kappa shape index (κ2) is 9.67. The molecule has 1 aliphatic rings. The van der Waals surface area contributed by atoms with Gasteiger partial charge in [-0.3, -0.25) is 9.59 Å². The first-order chi connectivity index (χ1) is 14.0. The van der Waals surface area contributed by atoms with Crippen molar-refractivity contribution in [3.05, 3.63) is 47.0 Å². The number of carbonyl (C=O) groups excluding carboxylic acids is 2. The molecule has 0 aliphatic carbocycles. The number of aryl methyl sites for hydroxylation is 2. The second-order valence-corrected chi connectivity index (χ2v) is 8.18. The highest BCUT2D eigenvalue weighted by Gasteiger charge is 2.24. The van der Waals surface area contributed by atoms with E-state index in [4.69, 9.17) is 0 Å². The molecular formula is C22H31N5O2. The van der Waals surface area contributed by atoms with E-state index < -0.39 is 6.04 Å². The fraction of sp³-hybridized carbons (Fsp3) is 0.545. The molecule has 2 N–H and O–H groups in total. The normalized spacial score (nSPS) is 14.8. The fourth-order valence-corrected chi connectivity index (χ4v) is 3.73. The molecule has 3 rings (SSSR count). The first-order valence-electron chi connectivity index (χ1n) is 10.5. The van der Waals surface area contributed by atoms with Gasteiger partial charge in [0.1, 0.15) is 11.9 Å². The summed E-state index contributed by atoms with van der Waals surface area (Å²) in [7, 11) is 0. The number of aromatic nitrogens is 3. The minimum atomic E-state index is -0.589. The van der Waals surface area contributed by atoms with E-state index in [1.165, 1.54) is 6.42 Å². The van der Waals surface area contributed by atoms with Gasteiger partial charge in [-0.05, 0) is 43.7 Å². The number of nitrogens with zero attached hydrogens (tertiary/aromatic N) is 3. The zero-order chi connectivity index (χ0) is 20.8. The Labute approximate surface area is 172 Å². The van der Waals surface area contributed by atoms with Crippen LogP contribution in [0.3, 0.4) is 0 Å². The smallest absolute Gasteiger partial charge is 0.252 e. The van der Waals surface area contributed by atoms with Crippen LogP contribution in [0.5, 0.6) is 0 Å². The van der Waals surface area contributed by atoms with Gasteiger partial charge in [-0.2, -0.15) is 0 Å². The largest absolute Gasteiger partial charge is 0.347 e. The lowest BCUT2D eigenvalue weighted by molar-refractivity contribution is -0.123. The van der Waals surface area contributed by atoms with E-state index in [0.29, 0.717) is 18.5 Å². The number of fused-ring (bicyclic) bond motifs is 1. The van der Waals surface area contributed by atoms with E-state index in [1.807, 2.05) is 39.0 Å². The van der Waals surface area contributed by atoms with Crippen LogP contribution < -0.4 is 10.6 Å². The van der Waals surface area contributed by atoms with E-state index in [0.717, 1.165) is 43.0 Å². The van der Waals surface area contributed by atoms with Crippen LogP contribution in [0.15, 0.2) is 24.3 Å². The first kappa shape index (κ1) is 21.0. The van der Waals surface area contributed by atoms with E-state index in [9.17, 15) is 9.59 Å². The van der Waals surface area contributed by atoms with Crippen LogP contribution in [0, 0.1) is 12.8 Å². The molecule has 156 valence electrons. The topological polar surface area (TPSA) is 88.9 Å². The summed E-state index contributed by atoms with van der Waals surface area (Å²) in [5.41, 5.74) is 1.48. The maximum Gasteiger partial charge on any atom is 0.252 e. The molecule has 2 amide bonds. The molecule has 0 spiro atoms. The summed E-state index contributed by atoms with van der Waals surface area (Å²) in [6, 6.07) is 6.81. The predicted molar refractivity (Wildman–Crippen MR) is 111 cm³/mol. The molecule has 1 aliphatic heterocycles. The quantitative estimate of drug-likeness (QED) is 0.752. The number of hydrogen-bond acceptors (Lipinski definition) is 4. The minimum absolute atomic E-state index is 0.188. The highest BCUT2D eigenvalue weighted by Crippen LogP contribution is 2.15. The third-order valence-corrected chi connectivity index (χ3v) is 5.33. The van der Waals surface area contributed by atoms with Crippen LogP contribution in [0.25, 0.3) is 0 Å². The summed E-state index contributed by atoms with van der Waals surface area (Å²) in [5.74, 6) is 1.64. The predicted octanol–water partition coefficient (Wildman–Crippen LogP) is 2.77. The molecule has 2 aromatic rings. The Kier molecular flexibility index (Phi) is 7.01. The van der Waals surface area contributed by atoms with Crippen molar-refractivity contribution in [3.63, 3.8) is 0 Å². The van der Waals surface area contributed by atoms with Gasteiger partial charge in [0.05, 0.1) is 6.54 Å². The van der Waals surface area contributed by atoms with Crippen LogP contribution in [0.4, 0.5) is 0 Å². The van der Waals surface area contributed by atoms with Crippen LogP contribution in [0.2, 0.25) is 0 Å². The van der Waals surface area contributed by atoms with E-state index >= 15 is 0 Å². The van der Waals surface area contributed by atoms with Crippen LogP contribution in [-0.2, 0) is 24.3 Å². The van der Waals surface area contributed by atoms with Gasteiger partial charge in [0.2, 0.25) is 5.91 Å². The lowest BCUT2D eigenvalue weighted by Gasteiger charge is -2.20. The van der Waals surface area contributed by atoms with Crippen molar-refractivity contribution in [2.45, 2.75) is 72.0 Å². The van der Waals surface area contributed by atoms with Crippen molar-refractivity contribution >= 4 is 11.8 Å². The molecule has 1 aromatic carbocycles. The molecule has 2 heterocycles. The number of benzene rings is 1. The monoisotopic (exact) mass is 397 g/mol. The van der Waals surface area contributed by atoms with Crippen molar-refractivity contribution in [2.75, 3.05) is 0 Å². The van der Waals surface area contributed by atoms with Gasteiger partial charge in [0, 0.05) is 18.5 Å². The maximum atomic E-state index is 12.9. The average molecular weight is 398 g/mol. The Hall–Kier alpha value is -2.70. The van der Waals surface area contributed by atoms with Crippen molar-refractivity contribution in [1.29, 1.82) is 0 Å². The van der Waals surface area contributed by atoms with Gasteiger partial charge in [0.25, 0.3) is 5.91 Å². The molecule has 7 nitrogen and oxygen atoms in total. The van der Waals surface area contributed by atoms with Crippen molar-refractivity contribution in [2.24, 2.45) is 5.92 Å².